The summed E-state index contributed by atoms with van der Waals surface area (Å²) in [5, 5.41) is 0.588. The van der Waals surface area contributed by atoms with Crippen molar-refractivity contribution in [3.8, 4) is 0 Å². The van der Waals surface area contributed by atoms with E-state index >= 15 is 0 Å². The summed E-state index contributed by atoms with van der Waals surface area (Å²) in [6, 6.07) is 7.15. The summed E-state index contributed by atoms with van der Waals surface area (Å²) in [6.45, 7) is 3.88. The molecule has 2 aromatic rings. The molecule has 0 aliphatic rings. The molecule has 0 unspecified atom stereocenters. The van der Waals surface area contributed by atoms with Crippen molar-refractivity contribution in [3.05, 3.63) is 41.1 Å². The highest BCUT2D eigenvalue weighted by Crippen LogP contribution is 2.25. The molecule has 21 heavy (non-hydrogen) atoms. The van der Waals surface area contributed by atoms with Crippen LogP contribution in [0.3, 0.4) is 0 Å². The van der Waals surface area contributed by atoms with E-state index < -0.39 is 11.9 Å². The van der Waals surface area contributed by atoms with E-state index in [9.17, 15) is 9.59 Å². The Morgan fingerprint density at radius 2 is 1.86 bits per heavy atom. The molecule has 0 aliphatic heterocycles. The fourth-order valence-electron chi connectivity index (χ4n) is 2.17. The van der Waals surface area contributed by atoms with Gasteiger partial charge in [0.25, 0.3) is 0 Å². The molecule has 0 bridgehead atoms. The van der Waals surface area contributed by atoms with Gasteiger partial charge in [-0.3, -0.25) is 4.98 Å². The number of fused-ring (bicyclic) bond motifs is 1. The highest BCUT2D eigenvalue weighted by atomic mass is 16.5. The van der Waals surface area contributed by atoms with Crippen LogP contribution < -0.4 is 0 Å². The van der Waals surface area contributed by atoms with Gasteiger partial charge >= 0.3 is 11.9 Å². The zero-order chi connectivity index (χ0) is 15.4. The van der Waals surface area contributed by atoms with Gasteiger partial charge in [0.2, 0.25) is 0 Å². The predicted octanol–water partition coefficient (Wildman–Crippen LogP) is 2.90. The Morgan fingerprint density at radius 3 is 2.52 bits per heavy atom. The zero-order valence-electron chi connectivity index (χ0n) is 12.3. The number of methoxy groups -OCH3 is 1. The van der Waals surface area contributed by atoms with Gasteiger partial charge in [0.1, 0.15) is 0 Å². The second kappa shape index (κ2) is 6.35. The monoisotopic (exact) mass is 287 g/mol. The number of carbonyl (C=O) groups is 2. The molecule has 0 amide bonds. The molecule has 0 spiro atoms. The summed E-state index contributed by atoms with van der Waals surface area (Å²) in [6.07, 6.45) is 0.710. The fraction of sp³-hybridized carbons (Fsp3) is 0.312. The van der Waals surface area contributed by atoms with Crippen LogP contribution in [0.2, 0.25) is 0 Å². The molecule has 0 saturated carbocycles. The maximum Gasteiger partial charge on any atom is 0.340 e. The van der Waals surface area contributed by atoms with Crippen LogP contribution in [0, 0.1) is 6.92 Å². The van der Waals surface area contributed by atoms with Crippen molar-refractivity contribution in [2.45, 2.75) is 20.3 Å². The first-order chi connectivity index (χ1) is 10.1. The van der Waals surface area contributed by atoms with Crippen molar-refractivity contribution in [2.24, 2.45) is 0 Å². The van der Waals surface area contributed by atoms with E-state index in [0.29, 0.717) is 29.6 Å². The Balaban J connectivity index is 2.72. The molecular formula is C16H17NO4. The van der Waals surface area contributed by atoms with E-state index in [1.807, 2.05) is 13.0 Å². The molecule has 0 saturated heterocycles. The van der Waals surface area contributed by atoms with Crippen LogP contribution in [-0.2, 0) is 9.47 Å². The van der Waals surface area contributed by atoms with Gasteiger partial charge in [-0.1, -0.05) is 25.1 Å². The molecule has 0 fully saturated rings. The first-order valence-corrected chi connectivity index (χ1v) is 6.75. The molecule has 0 N–H and O–H groups in total. The highest BCUT2D eigenvalue weighted by molar-refractivity contribution is 6.12. The Morgan fingerprint density at radius 1 is 1.14 bits per heavy atom. The van der Waals surface area contributed by atoms with E-state index in [1.54, 1.807) is 25.1 Å². The number of para-hydroxylation sites is 1. The minimum atomic E-state index is -0.589. The maximum atomic E-state index is 12.4. The summed E-state index contributed by atoms with van der Waals surface area (Å²) in [5.41, 5.74) is 1.48. The highest BCUT2D eigenvalue weighted by Gasteiger charge is 2.25. The molecule has 0 aliphatic carbocycles. The van der Waals surface area contributed by atoms with Crippen molar-refractivity contribution in [1.82, 2.24) is 4.98 Å². The number of esters is 2. The molecule has 2 rings (SSSR count). The van der Waals surface area contributed by atoms with Crippen LogP contribution in [0.4, 0.5) is 0 Å². The second-order valence-electron chi connectivity index (χ2n) is 4.59. The molecule has 1 aromatic carbocycles. The molecule has 110 valence electrons. The number of benzene rings is 1. The van der Waals surface area contributed by atoms with Crippen LogP contribution in [0.15, 0.2) is 24.3 Å². The smallest absolute Gasteiger partial charge is 0.340 e. The lowest BCUT2D eigenvalue weighted by molar-refractivity contribution is 0.0488. The summed E-state index contributed by atoms with van der Waals surface area (Å²) >= 11 is 0. The van der Waals surface area contributed by atoms with Crippen LogP contribution in [0.5, 0.6) is 0 Å². The van der Waals surface area contributed by atoms with Crippen molar-refractivity contribution >= 4 is 22.8 Å². The summed E-state index contributed by atoms with van der Waals surface area (Å²) in [4.78, 5) is 28.7. The average molecular weight is 287 g/mol. The quantitative estimate of drug-likeness (QED) is 0.809. The van der Waals surface area contributed by atoms with Crippen molar-refractivity contribution in [1.29, 1.82) is 0 Å². The molecule has 1 heterocycles. The number of aromatic nitrogens is 1. The van der Waals surface area contributed by atoms with Crippen molar-refractivity contribution < 1.29 is 19.1 Å². The lowest BCUT2D eigenvalue weighted by atomic mass is 10.0. The second-order valence-corrected chi connectivity index (χ2v) is 4.59. The number of nitrogens with zero attached hydrogens (tertiary/aromatic N) is 1. The zero-order valence-corrected chi connectivity index (χ0v) is 12.3. The number of aryl methyl sites for hydroxylation is 1. The lowest BCUT2D eigenvalue weighted by Crippen LogP contribution is -2.16. The number of ether oxygens (including phenoxy) is 2. The van der Waals surface area contributed by atoms with Gasteiger partial charge in [0.15, 0.2) is 0 Å². The summed E-state index contributed by atoms with van der Waals surface area (Å²) in [7, 11) is 1.28. The van der Waals surface area contributed by atoms with Crippen LogP contribution in [-0.4, -0.2) is 30.6 Å². The lowest BCUT2D eigenvalue weighted by Gasteiger charge is -2.13. The van der Waals surface area contributed by atoms with Gasteiger partial charge in [0.05, 0.1) is 36.1 Å². The first-order valence-electron chi connectivity index (χ1n) is 6.75. The van der Waals surface area contributed by atoms with Crippen molar-refractivity contribution in [3.63, 3.8) is 0 Å². The molecule has 5 nitrogen and oxygen atoms in total. The van der Waals surface area contributed by atoms with Gasteiger partial charge in [0, 0.05) is 5.39 Å². The number of pyridine rings is 1. The number of hydrogen-bond acceptors (Lipinski definition) is 5. The van der Waals surface area contributed by atoms with E-state index in [0.717, 1.165) is 0 Å². The minimum Gasteiger partial charge on any atom is -0.465 e. The van der Waals surface area contributed by atoms with Gasteiger partial charge < -0.3 is 9.47 Å². The normalized spacial score (nSPS) is 10.4. The first kappa shape index (κ1) is 15.0. The molecule has 0 radical (unpaired) electrons. The SMILES string of the molecule is CCCOC(=O)c1c(C(=O)OC)c(C)nc2ccccc12. The van der Waals surface area contributed by atoms with E-state index in [2.05, 4.69) is 4.98 Å². The Hall–Kier alpha value is -2.43. The third kappa shape index (κ3) is 2.86. The van der Waals surface area contributed by atoms with Gasteiger partial charge in [-0.25, -0.2) is 9.59 Å². The van der Waals surface area contributed by atoms with Crippen LogP contribution >= 0.6 is 0 Å². The molecule has 5 heteroatoms. The molecule has 1 aromatic heterocycles. The third-order valence-corrected chi connectivity index (χ3v) is 3.10. The van der Waals surface area contributed by atoms with Crippen molar-refractivity contribution in [2.75, 3.05) is 13.7 Å². The average Bonchev–Trinajstić information content (AvgIpc) is 2.50. The topological polar surface area (TPSA) is 65.5 Å². The van der Waals surface area contributed by atoms with Gasteiger partial charge in [-0.2, -0.15) is 0 Å². The maximum absolute atomic E-state index is 12.4. The largest absolute Gasteiger partial charge is 0.465 e. The Labute approximate surface area is 122 Å². The Kier molecular flexibility index (Phi) is 4.52. The number of rotatable bonds is 4. The minimum absolute atomic E-state index is 0.164. The van der Waals surface area contributed by atoms with Crippen LogP contribution in [0.1, 0.15) is 39.8 Å². The van der Waals surface area contributed by atoms with E-state index in [1.165, 1.54) is 7.11 Å². The Bertz CT molecular complexity index is 694. The molecular weight excluding hydrogens is 270 g/mol. The van der Waals surface area contributed by atoms with E-state index in [4.69, 9.17) is 9.47 Å². The van der Waals surface area contributed by atoms with Gasteiger partial charge in [-0.15, -0.1) is 0 Å². The summed E-state index contributed by atoms with van der Waals surface area (Å²) in [5.74, 6) is -1.12. The third-order valence-electron chi connectivity index (χ3n) is 3.10. The number of carbonyl (C=O) groups excluding carboxylic acids is 2. The standard InChI is InChI=1S/C16H17NO4/c1-4-9-21-16(19)14-11-7-5-6-8-12(11)17-10(2)13(14)15(18)20-3/h5-8H,4,9H2,1-3H3. The predicted molar refractivity (Wildman–Crippen MR) is 78.4 cm³/mol. The number of hydrogen-bond donors (Lipinski definition) is 0. The van der Waals surface area contributed by atoms with E-state index in [-0.39, 0.29) is 11.1 Å². The molecule has 0 atom stereocenters. The van der Waals surface area contributed by atoms with Gasteiger partial charge in [-0.05, 0) is 19.4 Å². The van der Waals surface area contributed by atoms with Crippen LogP contribution in [0.25, 0.3) is 10.9 Å². The summed E-state index contributed by atoms with van der Waals surface area (Å²) < 4.78 is 9.98. The fourth-order valence-corrected chi connectivity index (χ4v) is 2.17.